The lowest BCUT2D eigenvalue weighted by Crippen LogP contribution is -2.06. The molecular formula is C12H11N3O2. The number of carbonyl (C=O) groups is 1. The molecule has 2 rings (SSSR count). The van der Waals surface area contributed by atoms with Crippen LogP contribution in [-0.2, 0) is 6.42 Å². The highest BCUT2D eigenvalue weighted by Crippen LogP contribution is 2.18. The van der Waals surface area contributed by atoms with Crippen LogP contribution in [0.15, 0.2) is 30.6 Å². The second-order valence-corrected chi connectivity index (χ2v) is 3.42. The Balaban J connectivity index is 2.61. The molecule has 2 heterocycles. The summed E-state index contributed by atoms with van der Waals surface area (Å²) < 4.78 is 0. The number of aryl methyl sites for hydroxylation is 1. The zero-order valence-electron chi connectivity index (χ0n) is 9.29. The van der Waals surface area contributed by atoms with Gasteiger partial charge in [0.1, 0.15) is 17.1 Å². The number of nitrogens with zero attached hydrogens (tertiary/aromatic N) is 3. The molecule has 0 atom stereocenters. The molecular weight excluding hydrogens is 218 g/mol. The summed E-state index contributed by atoms with van der Waals surface area (Å²) in [6.45, 7) is 1.91. The first kappa shape index (κ1) is 11.2. The number of hydrogen-bond donors (Lipinski definition) is 1. The Morgan fingerprint density at radius 2 is 2.18 bits per heavy atom. The van der Waals surface area contributed by atoms with Crippen molar-refractivity contribution in [3.05, 3.63) is 42.0 Å². The molecule has 2 aromatic heterocycles. The highest BCUT2D eigenvalue weighted by molar-refractivity contribution is 5.93. The highest BCUT2D eigenvalue weighted by Gasteiger charge is 2.15. The number of pyridine rings is 1. The van der Waals surface area contributed by atoms with Crippen LogP contribution in [0, 0.1) is 0 Å². The molecule has 0 amide bonds. The molecule has 17 heavy (non-hydrogen) atoms. The summed E-state index contributed by atoms with van der Waals surface area (Å²) in [5, 5.41) is 9.08. The average molecular weight is 229 g/mol. The van der Waals surface area contributed by atoms with Crippen LogP contribution < -0.4 is 0 Å². The van der Waals surface area contributed by atoms with Crippen LogP contribution in [0.25, 0.3) is 11.4 Å². The summed E-state index contributed by atoms with van der Waals surface area (Å²) in [6.07, 6.45) is 3.59. The van der Waals surface area contributed by atoms with E-state index < -0.39 is 5.97 Å². The third-order valence-corrected chi connectivity index (χ3v) is 2.29. The minimum absolute atomic E-state index is 0.0703. The predicted molar refractivity (Wildman–Crippen MR) is 61.6 cm³/mol. The lowest BCUT2D eigenvalue weighted by molar-refractivity contribution is 0.0697. The van der Waals surface area contributed by atoms with Crippen molar-refractivity contribution in [2.45, 2.75) is 13.3 Å². The molecule has 0 spiro atoms. The van der Waals surface area contributed by atoms with Gasteiger partial charge >= 0.3 is 5.97 Å². The highest BCUT2D eigenvalue weighted by atomic mass is 16.4. The maximum Gasteiger partial charge on any atom is 0.339 e. The molecule has 0 saturated heterocycles. The van der Waals surface area contributed by atoms with E-state index in [0.29, 0.717) is 23.6 Å². The largest absolute Gasteiger partial charge is 0.478 e. The van der Waals surface area contributed by atoms with Gasteiger partial charge in [-0.05, 0) is 12.1 Å². The number of aromatic carboxylic acids is 1. The van der Waals surface area contributed by atoms with Crippen molar-refractivity contribution >= 4 is 5.97 Å². The summed E-state index contributed by atoms with van der Waals surface area (Å²) in [6, 6.07) is 5.29. The summed E-state index contributed by atoms with van der Waals surface area (Å²) in [5.41, 5.74) is 0.979. The Morgan fingerprint density at radius 1 is 1.35 bits per heavy atom. The van der Waals surface area contributed by atoms with Gasteiger partial charge in [-0.2, -0.15) is 0 Å². The van der Waals surface area contributed by atoms with Crippen molar-refractivity contribution in [2.75, 3.05) is 0 Å². The van der Waals surface area contributed by atoms with E-state index in [2.05, 4.69) is 15.0 Å². The van der Waals surface area contributed by atoms with Gasteiger partial charge < -0.3 is 5.11 Å². The van der Waals surface area contributed by atoms with Crippen molar-refractivity contribution in [1.29, 1.82) is 0 Å². The van der Waals surface area contributed by atoms with Crippen LogP contribution in [0.2, 0.25) is 0 Å². The van der Waals surface area contributed by atoms with E-state index in [4.69, 9.17) is 5.11 Å². The first-order valence-corrected chi connectivity index (χ1v) is 5.23. The first-order chi connectivity index (χ1) is 8.22. The van der Waals surface area contributed by atoms with E-state index in [9.17, 15) is 4.79 Å². The summed E-state index contributed by atoms with van der Waals surface area (Å²) in [4.78, 5) is 23.4. The van der Waals surface area contributed by atoms with Gasteiger partial charge in [-0.3, -0.25) is 4.98 Å². The molecule has 5 heteroatoms. The van der Waals surface area contributed by atoms with Crippen molar-refractivity contribution in [3.8, 4) is 11.4 Å². The molecule has 0 radical (unpaired) electrons. The first-order valence-electron chi connectivity index (χ1n) is 5.23. The van der Waals surface area contributed by atoms with Gasteiger partial charge in [0.15, 0.2) is 0 Å². The maximum absolute atomic E-state index is 11.1. The minimum Gasteiger partial charge on any atom is -0.478 e. The molecule has 0 aliphatic carbocycles. The van der Waals surface area contributed by atoms with Crippen LogP contribution >= 0.6 is 0 Å². The average Bonchev–Trinajstić information content (AvgIpc) is 2.39. The molecule has 0 unspecified atom stereocenters. The quantitative estimate of drug-likeness (QED) is 0.868. The SMILES string of the molecule is CCc1ncc(C(=O)O)c(-c2ccccn2)n1. The molecule has 2 aromatic rings. The summed E-state index contributed by atoms with van der Waals surface area (Å²) >= 11 is 0. The molecule has 5 nitrogen and oxygen atoms in total. The molecule has 0 aliphatic rings. The Morgan fingerprint density at radius 3 is 2.76 bits per heavy atom. The third-order valence-electron chi connectivity index (χ3n) is 2.29. The molecule has 0 aromatic carbocycles. The zero-order chi connectivity index (χ0) is 12.3. The van der Waals surface area contributed by atoms with E-state index in [-0.39, 0.29) is 5.56 Å². The number of hydrogen-bond acceptors (Lipinski definition) is 4. The predicted octanol–water partition coefficient (Wildman–Crippen LogP) is 1.80. The molecule has 1 N–H and O–H groups in total. The number of aromatic nitrogens is 3. The minimum atomic E-state index is -1.05. The Bertz CT molecular complexity index is 541. The molecule has 0 bridgehead atoms. The number of carboxylic acid groups (broad SMARTS) is 1. The summed E-state index contributed by atoms with van der Waals surface area (Å²) in [5.74, 6) is -0.441. The third kappa shape index (κ3) is 2.28. The fourth-order valence-corrected chi connectivity index (χ4v) is 1.44. The van der Waals surface area contributed by atoms with Crippen molar-refractivity contribution < 1.29 is 9.90 Å². The van der Waals surface area contributed by atoms with E-state index in [1.165, 1.54) is 6.20 Å². The van der Waals surface area contributed by atoms with E-state index in [1.54, 1.807) is 24.4 Å². The Hall–Kier alpha value is -2.30. The summed E-state index contributed by atoms with van der Waals surface area (Å²) in [7, 11) is 0. The van der Waals surface area contributed by atoms with Crippen molar-refractivity contribution in [2.24, 2.45) is 0 Å². The van der Waals surface area contributed by atoms with Crippen molar-refractivity contribution in [3.63, 3.8) is 0 Å². The zero-order valence-corrected chi connectivity index (χ0v) is 9.29. The molecule has 0 fully saturated rings. The van der Waals surface area contributed by atoms with Crippen LogP contribution in [0.4, 0.5) is 0 Å². The van der Waals surface area contributed by atoms with Gasteiger partial charge in [0.2, 0.25) is 0 Å². The maximum atomic E-state index is 11.1. The second-order valence-electron chi connectivity index (χ2n) is 3.42. The normalized spacial score (nSPS) is 10.2. The molecule has 0 saturated carbocycles. The standard InChI is InChI=1S/C12H11N3O2/c1-2-10-14-7-8(12(16)17)11(15-10)9-5-3-4-6-13-9/h3-7H,2H2,1H3,(H,16,17). The van der Waals surface area contributed by atoms with Crippen LogP contribution in [0.5, 0.6) is 0 Å². The van der Waals surface area contributed by atoms with Gasteiger partial charge in [-0.25, -0.2) is 14.8 Å². The monoisotopic (exact) mass is 229 g/mol. The lowest BCUT2D eigenvalue weighted by Gasteiger charge is -2.05. The lowest BCUT2D eigenvalue weighted by atomic mass is 10.1. The van der Waals surface area contributed by atoms with Gasteiger partial charge in [0.25, 0.3) is 0 Å². The Kier molecular flexibility index (Phi) is 3.09. The fourth-order valence-electron chi connectivity index (χ4n) is 1.44. The van der Waals surface area contributed by atoms with Gasteiger partial charge in [-0.15, -0.1) is 0 Å². The van der Waals surface area contributed by atoms with E-state index in [0.717, 1.165) is 0 Å². The van der Waals surface area contributed by atoms with Crippen LogP contribution in [-0.4, -0.2) is 26.0 Å². The van der Waals surface area contributed by atoms with Gasteiger partial charge in [0, 0.05) is 18.8 Å². The van der Waals surface area contributed by atoms with Crippen LogP contribution in [0.1, 0.15) is 23.1 Å². The Labute approximate surface area is 98.2 Å². The van der Waals surface area contributed by atoms with E-state index >= 15 is 0 Å². The van der Waals surface area contributed by atoms with Crippen molar-refractivity contribution in [1.82, 2.24) is 15.0 Å². The smallest absolute Gasteiger partial charge is 0.339 e. The van der Waals surface area contributed by atoms with Crippen LogP contribution in [0.3, 0.4) is 0 Å². The van der Waals surface area contributed by atoms with Gasteiger partial charge in [-0.1, -0.05) is 13.0 Å². The molecule has 0 aliphatic heterocycles. The number of rotatable bonds is 3. The molecule has 86 valence electrons. The topological polar surface area (TPSA) is 76.0 Å². The van der Waals surface area contributed by atoms with Gasteiger partial charge in [0.05, 0.1) is 5.69 Å². The number of carboxylic acids is 1. The fraction of sp³-hybridized carbons (Fsp3) is 0.167. The second kappa shape index (κ2) is 4.69. The van der Waals surface area contributed by atoms with E-state index in [1.807, 2.05) is 6.92 Å².